The molecule has 0 bridgehead atoms. The molecule has 42 valence electrons. The van der Waals surface area contributed by atoms with Crippen LogP contribution in [0.15, 0.2) is 12.3 Å². The molecule has 0 amide bonds. The quantitative estimate of drug-likeness (QED) is 0.550. The molecular formula is C4H5AgN2. The van der Waals surface area contributed by atoms with E-state index < -0.39 is 0 Å². The third kappa shape index (κ3) is 1.92. The van der Waals surface area contributed by atoms with E-state index in [1.54, 1.807) is 6.20 Å². The minimum absolute atomic E-state index is 0. The third-order valence-corrected chi connectivity index (χ3v) is 0.598. The van der Waals surface area contributed by atoms with Crippen LogP contribution in [0.2, 0.25) is 0 Å². The van der Waals surface area contributed by atoms with Gasteiger partial charge in [0.2, 0.25) is 0 Å². The second-order valence-electron chi connectivity index (χ2n) is 1.17. The molecule has 0 unspecified atom stereocenters. The molecule has 0 radical (unpaired) electrons. The van der Waals surface area contributed by atoms with E-state index in [1.807, 2.05) is 13.0 Å². The molecule has 3 heteroatoms. The van der Waals surface area contributed by atoms with Gasteiger partial charge in [-0.15, -0.1) is 5.69 Å². The number of rotatable bonds is 0. The van der Waals surface area contributed by atoms with Crippen molar-refractivity contribution >= 4 is 0 Å². The van der Waals surface area contributed by atoms with Crippen molar-refractivity contribution in [3.8, 4) is 0 Å². The van der Waals surface area contributed by atoms with E-state index >= 15 is 0 Å². The Hall–Kier alpha value is -0.0497. The van der Waals surface area contributed by atoms with Crippen LogP contribution in [-0.2, 0) is 22.4 Å². The van der Waals surface area contributed by atoms with Gasteiger partial charge >= 0.3 is 22.4 Å². The molecule has 0 saturated carbocycles. The van der Waals surface area contributed by atoms with E-state index in [4.69, 9.17) is 0 Å². The van der Waals surface area contributed by atoms with Gasteiger partial charge in [0.25, 0.3) is 0 Å². The fourth-order valence-corrected chi connectivity index (χ4v) is 0.299. The fourth-order valence-electron chi connectivity index (χ4n) is 0.299. The average Bonchev–Trinajstić information content (AvgIpc) is 1.86. The van der Waals surface area contributed by atoms with Crippen LogP contribution in [0.25, 0.3) is 0 Å². The van der Waals surface area contributed by atoms with Gasteiger partial charge in [0.05, 0.1) is 0 Å². The molecule has 0 fully saturated rings. The number of aryl methyl sites for hydroxylation is 1. The maximum atomic E-state index is 3.67. The molecule has 0 aliphatic heterocycles. The predicted octanol–water partition coefficient (Wildman–Crippen LogP) is 0.345. The standard InChI is InChI=1S/C4H5N2.Ag/c1-4-2-3-5-6-4;/h2-3H,1H3;/q-1;+1. The first kappa shape index (κ1) is 6.95. The summed E-state index contributed by atoms with van der Waals surface area (Å²) in [6.07, 6.45) is 1.68. The summed E-state index contributed by atoms with van der Waals surface area (Å²) < 4.78 is 0. The topological polar surface area (TPSA) is 27.0 Å². The maximum absolute atomic E-state index is 3.67. The molecule has 0 N–H and O–H groups in total. The molecule has 1 aromatic rings. The Morgan fingerprint density at radius 3 is 2.57 bits per heavy atom. The number of aromatic nitrogens is 2. The van der Waals surface area contributed by atoms with Crippen molar-refractivity contribution in [2.75, 3.05) is 0 Å². The maximum Gasteiger partial charge on any atom is 1.00 e. The largest absolute Gasteiger partial charge is 1.00 e. The first-order chi connectivity index (χ1) is 2.89. The third-order valence-electron chi connectivity index (χ3n) is 0.598. The predicted molar refractivity (Wildman–Crippen MR) is 22.3 cm³/mol. The first-order valence-corrected chi connectivity index (χ1v) is 1.80. The summed E-state index contributed by atoms with van der Waals surface area (Å²) >= 11 is 0. The van der Waals surface area contributed by atoms with E-state index in [9.17, 15) is 0 Å². The van der Waals surface area contributed by atoms with Crippen LogP contribution in [0, 0.1) is 6.92 Å². The number of hydrogen-bond acceptors (Lipinski definition) is 1. The van der Waals surface area contributed by atoms with Gasteiger partial charge in [-0.05, 0) is 0 Å². The van der Waals surface area contributed by atoms with E-state index in [1.165, 1.54) is 0 Å². The average molecular weight is 189 g/mol. The van der Waals surface area contributed by atoms with Crippen LogP contribution in [0.4, 0.5) is 0 Å². The Morgan fingerprint density at radius 1 is 1.71 bits per heavy atom. The molecule has 1 aromatic heterocycles. The van der Waals surface area contributed by atoms with Crippen LogP contribution in [0.3, 0.4) is 0 Å². The van der Waals surface area contributed by atoms with Crippen LogP contribution in [0.5, 0.6) is 0 Å². The molecule has 0 spiro atoms. The van der Waals surface area contributed by atoms with Gasteiger partial charge < -0.3 is 10.2 Å². The van der Waals surface area contributed by atoms with E-state index in [0.29, 0.717) is 0 Å². The molecular weight excluding hydrogens is 184 g/mol. The summed E-state index contributed by atoms with van der Waals surface area (Å²) in [5, 5.41) is 7.24. The second kappa shape index (κ2) is 3.02. The van der Waals surface area contributed by atoms with Crippen molar-refractivity contribution < 1.29 is 22.4 Å². The van der Waals surface area contributed by atoms with E-state index in [2.05, 4.69) is 10.2 Å². The smallest absolute Gasteiger partial charge is 0.579 e. The van der Waals surface area contributed by atoms with Gasteiger partial charge in [-0.2, -0.15) is 0 Å². The van der Waals surface area contributed by atoms with E-state index in [-0.39, 0.29) is 22.4 Å². The van der Waals surface area contributed by atoms with Crippen LogP contribution >= 0.6 is 0 Å². The summed E-state index contributed by atoms with van der Waals surface area (Å²) in [4.78, 5) is 0. The van der Waals surface area contributed by atoms with Crippen molar-refractivity contribution in [2.24, 2.45) is 0 Å². The van der Waals surface area contributed by atoms with Crippen molar-refractivity contribution in [3.63, 3.8) is 0 Å². The van der Waals surface area contributed by atoms with E-state index in [0.717, 1.165) is 5.69 Å². The molecule has 0 saturated heterocycles. The molecule has 0 aliphatic carbocycles. The molecule has 7 heavy (non-hydrogen) atoms. The van der Waals surface area contributed by atoms with Crippen molar-refractivity contribution in [3.05, 3.63) is 18.0 Å². The van der Waals surface area contributed by atoms with Crippen molar-refractivity contribution in [2.45, 2.75) is 6.92 Å². The molecule has 1 rings (SSSR count). The minimum atomic E-state index is 0. The monoisotopic (exact) mass is 188 g/mol. The Morgan fingerprint density at radius 2 is 2.43 bits per heavy atom. The summed E-state index contributed by atoms with van der Waals surface area (Å²) in [5.74, 6) is 0. The summed E-state index contributed by atoms with van der Waals surface area (Å²) in [7, 11) is 0. The Kier molecular flexibility index (Phi) is 3.00. The zero-order valence-corrected chi connectivity index (χ0v) is 5.33. The van der Waals surface area contributed by atoms with Crippen LogP contribution in [0.1, 0.15) is 5.69 Å². The summed E-state index contributed by atoms with van der Waals surface area (Å²) in [6.45, 7) is 1.91. The molecule has 1 heterocycles. The zero-order chi connectivity index (χ0) is 4.41. The van der Waals surface area contributed by atoms with Crippen LogP contribution < -0.4 is 5.10 Å². The molecule has 0 atom stereocenters. The summed E-state index contributed by atoms with van der Waals surface area (Å²) in [5.41, 5.74) is 0.981. The Labute approximate surface area is 57.8 Å². The molecule has 0 aliphatic rings. The zero-order valence-electron chi connectivity index (χ0n) is 3.85. The summed E-state index contributed by atoms with van der Waals surface area (Å²) in [6, 6.07) is 1.86. The Balaban J connectivity index is 0.000000360. The SMILES string of the molecule is Cc1ccn[n-]1.[Ag+]. The minimum Gasteiger partial charge on any atom is -0.579 e. The number of hydrogen-bond donors (Lipinski definition) is 0. The van der Waals surface area contributed by atoms with Gasteiger partial charge in [-0.1, -0.05) is 13.0 Å². The number of nitrogens with zero attached hydrogens (tertiary/aromatic N) is 2. The van der Waals surface area contributed by atoms with Crippen molar-refractivity contribution in [1.29, 1.82) is 0 Å². The normalized spacial score (nSPS) is 7.57. The van der Waals surface area contributed by atoms with Gasteiger partial charge in [0, 0.05) is 6.20 Å². The second-order valence-corrected chi connectivity index (χ2v) is 1.17. The van der Waals surface area contributed by atoms with Gasteiger partial charge in [-0.3, -0.25) is 0 Å². The molecule has 2 nitrogen and oxygen atoms in total. The van der Waals surface area contributed by atoms with Crippen LogP contribution in [-0.4, -0.2) is 5.10 Å². The van der Waals surface area contributed by atoms with Crippen molar-refractivity contribution in [1.82, 2.24) is 10.2 Å². The fraction of sp³-hybridized carbons (Fsp3) is 0.250. The van der Waals surface area contributed by atoms with Gasteiger partial charge in [-0.25, -0.2) is 0 Å². The van der Waals surface area contributed by atoms with Gasteiger partial charge in [0.15, 0.2) is 0 Å². The first-order valence-electron chi connectivity index (χ1n) is 1.80. The molecule has 0 aromatic carbocycles. The van der Waals surface area contributed by atoms with Gasteiger partial charge in [0.1, 0.15) is 0 Å². The Bertz CT molecular complexity index is 113.